The van der Waals surface area contributed by atoms with Crippen molar-refractivity contribution in [3.8, 4) is 5.75 Å². The van der Waals surface area contributed by atoms with Gasteiger partial charge >= 0.3 is 5.97 Å². The number of anilines is 1. The van der Waals surface area contributed by atoms with E-state index in [1.54, 1.807) is 6.92 Å². The number of esters is 1. The van der Waals surface area contributed by atoms with E-state index in [9.17, 15) is 4.79 Å². The van der Waals surface area contributed by atoms with Gasteiger partial charge in [-0.05, 0) is 25.1 Å². The summed E-state index contributed by atoms with van der Waals surface area (Å²) in [5.74, 6) is 0.550. The van der Waals surface area contributed by atoms with Crippen molar-refractivity contribution in [3.63, 3.8) is 0 Å². The highest BCUT2D eigenvalue weighted by Crippen LogP contribution is 2.32. The molecule has 1 N–H and O–H groups in total. The largest absolute Gasteiger partial charge is 0.486 e. The lowest BCUT2D eigenvalue weighted by Gasteiger charge is -2.26. The lowest BCUT2D eigenvalue weighted by molar-refractivity contribution is -0.144. The molecule has 0 spiro atoms. The molecule has 1 aromatic rings. The molecule has 1 aromatic carbocycles. The van der Waals surface area contributed by atoms with Crippen LogP contribution < -0.4 is 10.1 Å². The van der Waals surface area contributed by atoms with E-state index >= 15 is 0 Å². The molecule has 0 radical (unpaired) electrons. The van der Waals surface area contributed by atoms with Crippen LogP contribution in [0, 0.1) is 0 Å². The van der Waals surface area contributed by atoms with Crippen LogP contribution in [0.2, 0.25) is 0 Å². The number of nitrogens with one attached hydrogen (secondary N) is 1. The molecule has 0 saturated heterocycles. The third-order valence-corrected chi connectivity index (χ3v) is 2.95. The number of hydrogen-bond acceptors (Lipinski definition) is 4. The van der Waals surface area contributed by atoms with Crippen molar-refractivity contribution in [2.75, 3.05) is 18.5 Å². The molecule has 0 fully saturated rings. The number of carbonyl (C=O) groups excluding carboxylic acids is 1. The second-order valence-corrected chi connectivity index (χ2v) is 4.69. The lowest BCUT2D eigenvalue weighted by atomic mass is 10.2. The van der Waals surface area contributed by atoms with Crippen molar-refractivity contribution < 1.29 is 14.3 Å². The minimum Gasteiger partial charge on any atom is -0.486 e. The molecule has 17 heavy (non-hydrogen) atoms. The first-order valence-corrected chi connectivity index (χ1v) is 6.34. The van der Waals surface area contributed by atoms with Crippen LogP contribution in [0.4, 0.5) is 5.69 Å². The minimum atomic E-state index is -0.222. The number of fused-ring (bicyclic) bond motifs is 1. The van der Waals surface area contributed by atoms with E-state index < -0.39 is 0 Å². The topological polar surface area (TPSA) is 47.6 Å². The molecule has 1 heterocycles. The second kappa shape index (κ2) is 5.40. The zero-order valence-corrected chi connectivity index (χ0v) is 11.1. The fraction of sp³-hybridized carbons (Fsp3) is 0.417. The van der Waals surface area contributed by atoms with Crippen molar-refractivity contribution in [2.24, 2.45) is 0 Å². The summed E-state index contributed by atoms with van der Waals surface area (Å²) in [4.78, 5) is 11.3. The number of ether oxygens (including phenoxy) is 2. The quantitative estimate of drug-likeness (QED) is 0.872. The maximum atomic E-state index is 11.3. The third-order valence-electron chi connectivity index (χ3n) is 2.46. The standard InChI is InChI=1S/C12H14BrNO3/c1-2-16-12(15)6-9-7-14-10-5-8(13)3-4-11(10)17-9/h3-5,9,14H,2,6-7H2,1H3. The Hall–Kier alpha value is -1.23. The van der Waals surface area contributed by atoms with Gasteiger partial charge in [-0.1, -0.05) is 15.9 Å². The molecule has 0 bridgehead atoms. The van der Waals surface area contributed by atoms with Gasteiger partial charge in [-0.3, -0.25) is 4.79 Å². The van der Waals surface area contributed by atoms with E-state index in [2.05, 4.69) is 21.2 Å². The van der Waals surface area contributed by atoms with E-state index in [-0.39, 0.29) is 18.5 Å². The summed E-state index contributed by atoms with van der Waals surface area (Å²) < 4.78 is 11.6. The van der Waals surface area contributed by atoms with Gasteiger partial charge < -0.3 is 14.8 Å². The molecule has 1 aliphatic heterocycles. The van der Waals surface area contributed by atoms with Gasteiger partial charge in [-0.15, -0.1) is 0 Å². The summed E-state index contributed by atoms with van der Waals surface area (Å²) >= 11 is 3.40. The van der Waals surface area contributed by atoms with Crippen LogP contribution in [-0.2, 0) is 9.53 Å². The first-order valence-electron chi connectivity index (χ1n) is 5.54. The Bertz CT molecular complexity index is 422. The molecule has 2 rings (SSSR count). The second-order valence-electron chi connectivity index (χ2n) is 3.77. The van der Waals surface area contributed by atoms with Crippen LogP contribution in [0.15, 0.2) is 22.7 Å². The van der Waals surface area contributed by atoms with Gasteiger partial charge in [0, 0.05) is 4.47 Å². The van der Waals surface area contributed by atoms with Gasteiger partial charge in [-0.25, -0.2) is 0 Å². The lowest BCUT2D eigenvalue weighted by Crippen LogP contribution is -2.33. The molecular formula is C12H14BrNO3. The van der Waals surface area contributed by atoms with Gasteiger partial charge in [0.15, 0.2) is 0 Å². The van der Waals surface area contributed by atoms with Gasteiger partial charge in [0.1, 0.15) is 11.9 Å². The average Bonchev–Trinajstić information content (AvgIpc) is 2.29. The fourth-order valence-corrected chi connectivity index (χ4v) is 2.07. The van der Waals surface area contributed by atoms with Crippen molar-refractivity contribution in [1.82, 2.24) is 0 Å². The Kier molecular flexibility index (Phi) is 3.89. The molecule has 92 valence electrons. The molecule has 0 saturated carbocycles. The Morgan fingerprint density at radius 3 is 3.24 bits per heavy atom. The van der Waals surface area contributed by atoms with Crippen LogP contribution in [0.25, 0.3) is 0 Å². The fourth-order valence-electron chi connectivity index (χ4n) is 1.71. The summed E-state index contributed by atoms with van der Waals surface area (Å²) in [6.07, 6.45) is 0.110. The molecule has 0 amide bonds. The van der Waals surface area contributed by atoms with Crippen LogP contribution in [0.1, 0.15) is 13.3 Å². The van der Waals surface area contributed by atoms with Crippen molar-refractivity contribution in [2.45, 2.75) is 19.4 Å². The van der Waals surface area contributed by atoms with Gasteiger partial charge in [-0.2, -0.15) is 0 Å². The summed E-state index contributed by atoms with van der Waals surface area (Å²) in [6, 6.07) is 5.74. The van der Waals surface area contributed by atoms with Crippen molar-refractivity contribution in [3.05, 3.63) is 22.7 Å². The monoisotopic (exact) mass is 299 g/mol. The van der Waals surface area contributed by atoms with E-state index in [1.165, 1.54) is 0 Å². The smallest absolute Gasteiger partial charge is 0.309 e. The first-order chi connectivity index (χ1) is 8.19. The van der Waals surface area contributed by atoms with E-state index in [1.807, 2.05) is 18.2 Å². The van der Waals surface area contributed by atoms with E-state index in [0.717, 1.165) is 15.9 Å². The highest BCUT2D eigenvalue weighted by molar-refractivity contribution is 9.10. The predicted molar refractivity (Wildman–Crippen MR) is 68.3 cm³/mol. The van der Waals surface area contributed by atoms with Crippen molar-refractivity contribution >= 4 is 27.6 Å². The molecule has 1 aliphatic rings. The molecule has 1 atom stereocenters. The van der Waals surface area contributed by atoms with E-state index in [4.69, 9.17) is 9.47 Å². The zero-order chi connectivity index (χ0) is 12.3. The molecular weight excluding hydrogens is 286 g/mol. The first kappa shape index (κ1) is 12.2. The van der Waals surface area contributed by atoms with Crippen LogP contribution in [0.5, 0.6) is 5.75 Å². The number of hydrogen-bond donors (Lipinski definition) is 1. The maximum Gasteiger partial charge on any atom is 0.309 e. The third kappa shape index (κ3) is 3.12. The van der Waals surface area contributed by atoms with Crippen LogP contribution in [0.3, 0.4) is 0 Å². The highest BCUT2D eigenvalue weighted by atomic mass is 79.9. The van der Waals surface area contributed by atoms with Crippen LogP contribution >= 0.6 is 15.9 Å². The minimum absolute atomic E-state index is 0.164. The number of carbonyl (C=O) groups is 1. The van der Waals surface area contributed by atoms with Crippen LogP contribution in [-0.4, -0.2) is 25.2 Å². The summed E-state index contributed by atoms with van der Waals surface area (Å²) in [5.41, 5.74) is 0.944. The summed E-state index contributed by atoms with van der Waals surface area (Å²) in [6.45, 7) is 2.81. The maximum absolute atomic E-state index is 11.3. The molecule has 1 unspecified atom stereocenters. The van der Waals surface area contributed by atoms with E-state index in [0.29, 0.717) is 13.2 Å². The Balaban J connectivity index is 1.99. The molecule has 5 heteroatoms. The average molecular weight is 300 g/mol. The molecule has 0 aromatic heterocycles. The predicted octanol–water partition coefficient (Wildman–Crippen LogP) is 2.58. The molecule has 4 nitrogen and oxygen atoms in total. The Morgan fingerprint density at radius 2 is 2.47 bits per heavy atom. The van der Waals surface area contributed by atoms with Gasteiger partial charge in [0.05, 0.1) is 25.3 Å². The normalized spacial score (nSPS) is 17.6. The number of benzene rings is 1. The highest BCUT2D eigenvalue weighted by Gasteiger charge is 2.22. The number of rotatable bonds is 3. The zero-order valence-electron chi connectivity index (χ0n) is 9.53. The summed E-state index contributed by atoms with van der Waals surface area (Å²) in [7, 11) is 0. The van der Waals surface area contributed by atoms with Crippen molar-refractivity contribution in [1.29, 1.82) is 0 Å². The Morgan fingerprint density at radius 1 is 1.65 bits per heavy atom. The number of halogens is 1. The Labute approximate surface area is 108 Å². The molecule has 0 aliphatic carbocycles. The summed E-state index contributed by atoms with van der Waals surface area (Å²) in [5, 5.41) is 3.24. The van der Waals surface area contributed by atoms with Gasteiger partial charge in [0.25, 0.3) is 0 Å². The SMILES string of the molecule is CCOC(=O)CC1CNc2cc(Br)ccc2O1. The van der Waals surface area contributed by atoms with Gasteiger partial charge in [0.2, 0.25) is 0 Å².